The number of carbonyl (C=O) groups is 4. The maximum Gasteiger partial charge on any atom is 0.258 e. The average Bonchev–Trinajstić information content (AvgIpc) is 3.08. The largest absolute Gasteiger partial charge is 0.324 e. The summed E-state index contributed by atoms with van der Waals surface area (Å²) < 4.78 is 0. The highest BCUT2D eigenvalue weighted by molar-refractivity contribution is 6.34. The van der Waals surface area contributed by atoms with Gasteiger partial charge >= 0.3 is 0 Å². The summed E-state index contributed by atoms with van der Waals surface area (Å²) in [4.78, 5) is 49.4. The van der Waals surface area contributed by atoms with E-state index in [0.29, 0.717) is 22.5 Å². The summed E-state index contributed by atoms with van der Waals surface area (Å²) in [5.74, 6) is -2.18. The molecular formula is C36H38Cl2N6O4. The molecule has 250 valence electrons. The summed E-state index contributed by atoms with van der Waals surface area (Å²) in [5, 5.41) is 21.7. The number of Topliss-reactive ketones (excluding diaryl/α,β-unsaturated/α-hetero) is 2. The van der Waals surface area contributed by atoms with Gasteiger partial charge in [-0.3, -0.25) is 19.2 Å². The fraction of sp³-hybridized carbons (Fsp3) is 0.222. The van der Waals surface area contributed by atoms with Gasteiger partial charge in [0.25, 0.3) is 11.8 Å². The molecule has 0 fully saturated rings. The molecule has 0 heterocycles. The highest BCUT2D eigenvalue weighted by Gasteiger charge is 2.24. The molecule has 4 aromatic rings. The van der Waals surface area contributed by atoms with E-state index in [1.165, 1.54) is 13.8 Å². The molecule has 48 heavy (non-hydrogen) atoms. The number of hydrogen-bond donors (Lipinski definition) is 2. The first-order chi connectivity index (χ1) is 23.1. The van der Waals surface area contributed by atoms with E-state index < -0.39 is 35.5 Å². The zero-order valence-corrected chi connectivity index (χ0v) is 29.1. The summed E-state index contributed by atoms with van der Waals surface area (Å²) >= 11 is 12.9. The van der Waals surface area contributed by atoms with Crippen molar-refractivity contribution in [1.82, 2.24) is 0 Å². The van der Waals surface area contributed by atoms with Crippen LogP contribution in [0.3, 0.4) is 0 Å². The van der Waals surface area contributed by atoms with Crippen LogP contribution in [0.5, 0.6) is 0 Å². The van der Waals surface area contributed by atoms with Crippen molar-refractivity contribution >= 4 is 69.3 Å². The van der Waals surface area contributed by atoms with Gasteiger partial charge in [0.15, 0.2) is 11.6 Å². The van der Waals surface area contributed by atoms with Gasteiger partial charge in [-0.25, -0.2) is 0 Å². The molecule has 2 unspecified atom stereocenters. The normalized spacial score (nSPS) is 11.8. The highest BCUT2D eigenvalue weighted by Crippen LogP contribution is 2.35. The lowest BCUT2D eigenvalue weighted by Crippen LogP contribution is -2.31. The number of benzene rings is 4. The average molecular weight is 690 g/mol. The van der Waals surface area contributed by atoms with Crippen molar-refractivity contribution in [3.8, 4) is 11.1 Å². The maximum absolute atomic E-state index is 12.6. The Morgan fingerprint density at radius 3 is 1.17 bits per heavy atom. The molecule has 4 aromatic carbocycles. The number of azo groups is 2. The van der Waals surface area contributed by atoms with Gasteiger partial charge in [0.05, 0.1) is 10.0 Å². The van der Waals surface area contributed by atoms with Crippen LogP contribution in [0.2, 0.25) is 10.0 Å². The fourth-order valence-electron chi connectivity index (χ4n) is 3.88. The Bertz CT molecular complexity index is 1620. The third kappa shape index (κ3) is 11.6. The molecule has 0 aliphatic rings. The first-order valence-electron chi connectivity index (χ1n) is 15.3. The van der Waals surface area contributed by atoms with Crippen LogP contribution in [0.1, 0.15) is 41.5 Å². The standard InChI is InChI=1S/C32H26Cl2N6O4.2C2H6/c1-19(41)29(31(43)35-23-9-5-3-6-10-23)39-37-27-15-13-21(17-25(27)33)22-14-16-28(26(34)18-22)38-40-30(20(2)42)32(44)36-24-11-7-4-8-12-24;2*1-2/h3-18,29-30H,1-2H3,(H,35,43)(H,36,44);2*1-2H3. The second kappa shape index (κ2) is 20.2. The minimum absolute atomic E-state index is 0.227. The van der Waals surface area contributed by atoms with Crippen molar-refractivity contribution in [2.75, 3.05) is 10.6 Å². The van der Waals surface area contributed by atoms with E-state index in [0.717, 1.165) is 0 Å². The lowest BCUT2D eigenvalue weighted by atomic mass is 10.0. The number of hydrogen-bond acceptors (Lipinski definition) is 8. The molecule has 0 saturated carbocycles. The number of halogens is 2. The Labute approximate surface area is 290 Å². The molecule has 2 atom stereocenters. The lowest BCUT2D eigenvalue weighted by molar-refractivity contribution is -0.127. The monoisotopic (exact) mass is 688 g/mol. The molecule has 0 bridgehead atoms. The van der Waals surface area contributed by atoms with Crippen LogP contribution in [0.4, 0.5) is 22.7 Å². The van der Waals surface area contributed by atoms with E-state index in [9.17, 15) is 19.2 Å². The first-order valence-corrected chi connectivity index (χ1v) is 16.0. The van der Waals surface area contributed by atoms with Gasteiger partial charge < -0.3 is 10.6 Å². The van der Waals surface area contributed by atoms with Gasteiger partial charge in [-0.2, -0.15) is 20.5 Å². The number of rotatable bonds is 11. The molecule has 0 aliphatic heterocycles. The summed E-state index contributed by atoms with van der Waals surface area (Å²) in [6.45, 7) is 10.5. The van der Waals surface area contributed by atoms with Crippen LogP contribution >= 0.6 is 23.2 Å². The van der Waals surface area contributed by atoms with Crippen LogP contribution in [0.15, 0.2) is 118 Å². The highest BCUT2D eigenvalue weighted by atomic mass is 35.5. The van der Waals surface area contributed by atoms with Crippen molar-refractivity contribution in [2.24, 2.45) is 20.5 Å². The molecule has 0 aliphatic carbocycles. The molecule has 4 rings (SSSR count). The number of ketones is 2. The second-order valence-corrected chi connectivity index (χ2v) is 10.3. The lowest BCUT2D eigenvalue weighted by Gasteiger charge is -2.10. The zero-order valence-electron chi connectivity index (χ0n) is 27.6. The number of anilines is 2. The van der Waals surface area contributed by atoms with Crippen molar-refractivity contribution < 1.29 is 19.2 Å². The minimum Gasteiger partial charge on any atom is -0.324 e. The molecule has 0 saturated heterocycles. The van der Waals surface area contributed by atoms with Gasteiger partial charge in [-0.1, -0.05) is 99.4 Å². The SMILES string of the molecule is CC.CC.CC(=O)C(N=Nc1ccc(-c2ccc(N=NC(C(C)=O)C(=O)Nc3ccccc3)c(Cl)c2)cc1Cl)C(=O)Nc1ccccc1. The number of amides is 2. The minimum atomic E-state index is -1.35. The Kier molecular flexibility index (Phi) is 16.5. The molecule has 10 nitrogen and oxygen atoms in total. The van der Waals surface area contributed by atoms with E-state index in [-0.39, 0.29) is 21.4 Å². The zero-order chi connectivity index (χ0) is 35.6. The molecule has 0 radical (unpaired) electrons. The summed E-state index contributed by atoms with van der Waals surface area (Å²) in [7, 11) is 0. The van der Waals surface area contributed by atoms with Crippen molar-refractivity contribution in [1.29, 1.82) is 0 Å². The topological polar surface area (TPSA) is 142 Å². The van der Waals surface area contributed by atoms with E-state index >= 15 is 0 Å². The van der Waals surface area contributed by atoms with Crippen LogP contribution in [0, 0.1) is 0 Å². The second-order valence-electron chi connectivity index (χ2n) is 9.50. The molecule has 2 N–H and O–H groups in total. The van der Waals surface area contributed by atoms with Crippen LogP contribution in [0.25, 0.3) is 11.1 Å². The molecule has 12 heteroatoms. The Balaban J connectivity index is 0.00000193. The molecule has 0 aromatic heterocycles. The van der Waals surface area contributed by atoms with Gasteiger partial charge in [-0.05, 0) is 73.5 Å². The quantitative estimate of drug-likeness (QED) is 0.119. The van der Waals surface area contributed by atoms with Gasteiger partial charge in [-0.15, -0.1) is 0 Å². The Hall–Kier alpha value is -5.06. The summed E-state index contributed by atoms with van der Waals surface area (Å²) in [6.07, 6.45) is 0. The Morgan fingerprint density at radius 2 is 0.875 bits per heavy atom. The molecule has 2 amide bonds. The molecule has 0 spiro atoms. The molecular weight excluding hydrogens is 651 g/mol. The summed E-state index contributed by atoms with van der Waals surface area (Å²) in [6, 6.07) is 24.6. The van der Waals surface area contributed by atoms with Crippen molar-refractivity contribution in [2.45, 2.75) is 53.6 Å². The van der Waals surface area contributed by atoms with Gasteiger partial charge in [0.2, 0.25) is 12.1 Å². The Morgan fingerprint density at radius 1 is 0.542 bits per heavy atom. The number of nitrogens with zero attached hydrogens (tertiary/aromatic N) is 4. The van der Waals surface area contributed by atoms with Crippen molar-refractivity contribution in [3.63, 3.8) is 0 Å². The maximum atomic E-state index is 12.6. The fourth-order valence-corrected chi connectivity index (χ4v) is 4.31. The van der Waals surface area contributed by atoms with E-state index in [4.69, 9.17) is 23.2 Å². The van der Waals surface area contributed by atoms with Gasteiger partial charge in [0.1, 0.15) is 11.4 Å². The van der Waals surface area contributed by atoms with E-state index in [1.807, 2.05) is 27.7 Å². The van der Waals surface area contributed by atoms with E-state index in [2.05, 4.69) is 31.1 Å². The van der Waals surface area contributed by atoms with Crippen LogP contribution in [-0.2, 0) is 19.2 Å². The summed E-state index contributed by atoms with van der Waals surface area (Å²) in [5.41, 5.74) is 2.95. The van der Waals surface area contributed by atoms with Gasteiger partial charge in [0, 0.05) is 11.4 Å². The van der Waals surface area contributed by atoms with Crippen LogP contribution < -0.4 is 10.6 Å². The van der Waals surface area contributed by atoms with Crippen molar-refractivity contribution in [3.05, 3.63) is 107 Å². The predicted octanol–water partition coefficient (Wildman–Crippen LogP) is 10.1. The van der Waals surface area contributed by atoms with Crippen LogP contribution in [-0.4, -0.2) is 35.5 Å². The number of para-hydroxylation sites is 2. The number of carbonyl (C=O) groups excluding carboxylic acids is 4. The first kappa shape index (κ1) is 39.1. The van der Waals surface area contributed by atoms with E-state index in [1.54, 1.807) is 97.1 Å². The smallest absolute Gasteiger partial charge is 0.258 e. The number of nitrogens with one attached hydrogen (secondary N) is 2. The predicted molar refractivity (Wildman–Crippen MR) is 193 cm³/mol. The third-order valence-corrected chi connectivity index (χ3v) is 6.75. The third-order valence-electron chi connectivity index (χ3n) is 6.14.